The summed E-state index contributed by atoms with van der Waals surface area (Å²) >= 11 is 8.06. The summed E-state index contributed by atoms with van der Waals surface area (Å²) in [6.45, 7) is 6.22. The van der Waals surface area contributed by atoms with Crippen LogP contribution in [-0.4, -0.2) is 35.7 Å². The van der Waals surface area contributed by atoms with Gasteiger partial charge < -0.3 is 9.47 Å². The Balaban J connectivity index is 3.39. The van der Waals surface area contributed by atoms with Crippen LogP contribution in [0.3, 0.4) is 0 Å². The van der Waals surface area contributed by atoms with Gasteiger partial charge >= 0.3 is 0 Å². The summed E-state index contributed by atoms with van der Waals surface area (Å²) in [6, 6.07) is 0. The van der Waals surface area contributed by atoms with Crippen molar-refractivity contribution < 1.29 is 9.47 Å². The lowest BCUT2D eigenvalue weighted by Crippen LogP contribution is -2.34. The van der Waals surface area contributed by atoms with Crippen LogP contribution in [0.2, 0.25) is 0 Å². The SMILES string of the molecule is CCCOCCOC(C)(CCl)CI. The molecule has 0 saturated carbocycles. The first-order chi connectivity index (χ1) is 6.18. The molecule has 0 fully saturated rings. The van der Waals surface area contributed by atoms with E-state index in [1.54, 1.807) is 0 Å². The van der Waals surface area contributed by atoms with E-state index >= 15 is 0 Å². The zero-order valence-corrected chi connectivity index (χ0v) is 11.2. The van der Waals surface area contributed by atoms with E-state index in [4.69, 9.17) is 21.1 Å². The number of hydrogen-bond acceptors (Lipinski definition) is 2. The maximum absolute atomic E-state index is 5.78. The Labute approximate surface area is 99.5 Å². The maximum Gasteiger partial charge on any atom is 0.0879 e. The van der Waals surface area contributed by atoms with Crippen molar-refractivity contribution in [3.05, 3.63) is 0 Å². The van der Waals surface area contributed by atoms with Crippen molar-refractivity contribution in [1.82, 2.24) is 0 Å². The summed E-state index contributed by atoms with van der Waals surface area (Å²) in [5, 5.41) is 0. The highest BCUT2D eigenvalue weighted by Gasteiger charge is 2.21. The molecule has 0 aliphatic heterocycles. The molecule has 2 nitrogen and oxygen atoms in total. The monoisotopic (exact) mass is 320 g/mol. The molecule has 80 valence electrons. The van der Waals surface area contributed by atoms with Crippen molar-refractivity contribution in [1.29, 1.82) is 0 Å². The van der Waals surface area contributed by atoms with E-state index in [9.17, 15) is 0 Å². The summed E-state index contributed by atoms with van der Waals surface area (Å²) < 4.78 is 11.8. The lowest BCUT2D eigenvalue weighted by atomic mass is 10.2. The second-order valence-electron chi connectivity index (χ2n) is 3.18. The average molecular weight is 321 g/mol. The van der Waals surface area contributed by atoms with E-state index in [-0.39, 0.29) is 5.60 Å². The molecule has 0 radical (unpaired) electrons. The van der Waals surface area contributed by atoms with E-state index < -0.39 is 0 Å². The fraction of sp³-hybridized carbons (Fsp3) is 1.00. The van der Waals surface area contributed by atoms with Crippen LogP contribution in [0.5, 0.6) is 0 Å². The molecular weight excluding hydrogens is 302 g/mol. The van der Waals surface area contributed by atoms with Crippen molar-refractivity contribution in [3.63, 3.8) is 0 Å². The first-order valence-electron chi connectivity index (χ1n) is 4.52. The largest absolute Gasteiger partial charge is 0.379 e. The molecular formula is C9H18ClIO2. The van der Waals surface area contributed by atoms with Crippen LogP contribution in [0.4, 0.5) is 0 Å². The van der Waals surface area contributed by atoms with Crippen molar-refractivity contribution in [2.45, 2.75) is 25.9 Å². The predicted molar refractivity (Wildman–Crippen MR) is 65.1 cm³/mol. The van der Waals surface area contributed by atoms with Crippen LogP contribution in [0.25, 0.3) is 0 Å². The van der Waals surface area contributed by atoms with Gasteiger partial charge in [-0.1, -0.05) is 29.5 Å². The van der Waals surface area contributed by atoms with Gasteiger partial charge in [-0.15, -0.1) is 11.6 Å². The Hall–Kier alpha value is 0.940. The van der Waals surface area contributed by atoms with E-state index in [0.29, 0.717) is 19.1 Å². The van der Waals surface area contributed by atoms with Gasteiger partial charge in [-0.2, -0.15) is 0 Å². The van der Waals surface area contributed by atoms with Crippen LogP contribution in [-0.2, 0) is 9.47 Å². The van der Waals surface area contributed by atoms with E-state index in [2.05, 4.69) is 29.5 Å². The van der Waals surface area contributed by atoms with Crippen LogP contribution in [0.15, 0.2) is 0 Å². The Morgan fingerprint density at radius 1 is 1.31 bits per heavy atom. The molecule has 0 aromatic carbocycles. The highest BCUT2D eigenvalue weighted by Crippen LogP contribution is 2.15. The van der Waals surface area contributed by atoms with Crippen molar-refractivity contribution in [2.24, 2.45) is 0 Å². The summed E-state index contributed by atoms with van der Waals surface area (Å²) in [5.74, 6) is 0.531. The Morgan fingerprint density at radius 2 is 2.00 bits per heavy atom. The molecule has 1 unspecified atom stereocenters. The first kappa shape index (κ1) is 13.9. The molecule has 1 atom stereocenters. The lowest BCUT2D eigenvalue weighted by molar-refractivity contribution is -0.0282. The Bertz CT molecular complexity index is 118. The minimum absolute atomic E-state index is 0.197. The molecule has 0 aromatic heterocycles. The third kappa shape index (κ3) is 6.94. The third-order valence-electron chi connectivity index (χ3n) is 1.59. The molecule has 0 aliphatic carbocycles. The first-order valence-corrected chi connectivity index (χ1v) is 6.58. The smallest absolute Gasteiger partial charge is 0.0879 e. The number of ether oxygens (including phenoxy) is 2. The van der Waals surface area contributed by atoms with Crippen LogP contribution < -0.4 is 0 Å². The summed E-state index contributed by atoms with van der Waals surface area (Å²) in [5.41, 5.74) is -0.197. The van der Waals surface area contributed by atoms with E-state index in [0.717, 1.165) is 17.5 Å². The molecule has 0 rings (SSSR count). The maximum atomic E-state index is 5.78. The van der Waals surface area contributed by atoms with Crippen molar-refractivity contribution >= 4 is 34.2 Å². The van der Waals surface area contributed by atoms with Gasteiger partial charge in [0.15, 0.2) is 0 Å². The quantitative estimate of drug-likeness (QED) is 0.389. The minimum atomic E-state index is -0.197. The average Bonchev–Trinajstić information content (AvgIpc) is 2.17. The standard InChI is InChI=1S/C9H18ClIO2/c1-3-4-12-5-6-13-9(2,7-10)8-11/h3-8H2,1-2H3. The van der Waals surface area contributed by atoms with Crippen LogP contribution >= 0.6 is 34.2 Å². The molecule has 0 heterocycles. The third-order valence-corrected chi connectivity index (χ3v) is 3.77. The highest BCUT2D eigenvalue weighted by atomic mass is 127. The lowest BCUT2D eigenvalue weighted by Gasteiger charge is -2.25. The minimum Gasteiger partial charge on any atom is -0.379 e. The van der Waals surface area contributed by atoms with Gasteiger partial charge in [0.2, 0.25) is 0 Å². The van der Waals surface area contributed by atoms with Gasteiger partial charge in [-0.25, -0.2) is 0 Å². The molecule has 0 N–H and O–H groups in total. The van der Waals surface area contributed by atoms with Crippen molar-refractivity contribution in [3.8, 4) is 0 Å². The predicted octanol–water partition coefficient (Wildman–Crippen LogP) is 2.86. The van der Waals surface area contributed by atoms with Gasteiger partial charge in [-0.05, 0) is 13.3 Å². The topological polar surface area (TPSA) is 18.5 Å². The van der Waals surface area contributed by atoms with Gasteiger partial charge in [0.1, 0.15) is 0 Å². The molecule has 0 aromatic rings. The number of halogens is 2. The molecule has 0 spiro atoms. The molecule has 0 bridgehead atoms. The van der Waals surface area contributed by atoms with Gasteiger partial charge in [-0.3, -0.25) is 0 Å². The molecule has 0 saturated heterocycles. The van der Waals surface area contributed by atoms with Gasteiger partial charge in [0.25, 0.3) is 0 Å². The van der Waals surface area contributed by atoms with Crippen LogP contribution in [0, 0.1) is 0 Å². The summed E-state index contributed by atoms with van der Waals surface area (Å²) in [7, 11) is 0. The van der Waals surface area contributed by atoms with E-state index in [1.807, 2.05) is 6.92 Å². The van der Waals surface area contributed by atoms with Gasteiger partial charge in [0, 0.05) is 11.0 Å². The fourth-order valence-corrected chi connectivity index (χ4v) is 1.69. The summed E-state index contributed by atoms with van der Waals surface area (Å²) in [4.78, 5) is 0. The fourth-order valence-electron chi connectivity index (χ4n) is 0.706. The second-order valence-corrected chi connectivity index (χ2v) is 4.21. The zero-order valence-electron chi connectivity index (χ0n) is 8.32. The number of rotatable bonds is 8. The highest BCUT2D eigenvalue weighted by molar-refractivity contribution is 14.1. The van der Waals surface area contributed by atoms with Crippen molar-refractivity contribution in [2.75, 3.05) is 30.1 Å². The zero-order chi connectivity index (χ0) is 10.2. The molecule has 13 heavy (non-hydrogen) atoms. The molecule has 4 heteroatoms. The number of hydrogen-bond donors (Lipinski definition) is 0. The van der Waals surface area contributed by atoms with E-state index in [1.165, 1.54) is 0 Å². The molecule has 0 aliphatic rings. The van der Waals surface area contributed by atoms with Crippen LogP contribution in [0.1, 0.15) is 20.3 Å². The Kier molecular flexibility index (Phi) is 8.86. The normalized spacial score (nSPS) is 15.7. The summed E-state index contributed by atoms with van der Waals surface area (Å²) in [6.07, 6.45) is 1.05. The second kappa shape index (κ2) is 8.26. The number of alkyl halides is 2. The molecule has 0 amide bonds. The Morgan fingerprint density at radius 3 is 2.46 bits per heavy atom. The van der Waals surface area contributed by atoms with Gasteiger partial charge in [0.05, 0.1) is 24.7 Å².